The van der Waals surface area contributed by atoms with Crippen LogP contribution in [-0.2, 0) is 14.8 Å². The molecule has 2 heterocycles. The van der Waals surface area contributed by atoms with E-state index in [9.17, 15) is 38.0 Å². The SMILES string of the molecule is CN1CC2(CCCN(S(=O)(=O)c3ccccc3[N+](=O)[O-])CCCOc3ccc(C(=O)O)cc3C1=O)CCN(C(=O)OC(C)(C)C)CC2. The first-order valence-electron chi connectivity index (χ1n) is 15.5. The number of carboxylic acid groups (broad SMARTS) is 1. The molecule has 1 N–H and O–H groups in total. The van der Waals surface area contributed by atoms with Crippen molar-refractivity contribution in [2.75, 3.05) is 46.4 Å². The molecule has 15 heteroatoms. The van der Waals surface area contributed by atoms with Crippen molar-refractivity contribution >= 4 is 33.7 Å². The van der Waals surface area contributed by atoms with Crippen molar-refractivity contribution in [1.82, 2.24) is 14.1 Å². The molecule has 256 valence electrons. The van der Waals surface area contributed by atoms with Gasteiger partial charge in [-0.15, -0.1) is 0 Å². The second kappa shape index (κ2) is 14.3. The summed E-state index contributed by atoms with van der Waals surface area (Å²) in [5, 5.41) is 21.3. The predicted molar refractivity (Wildman–Crippen MR) is 171 cm³/mol. The van der Waals surface area contributed by atoms with E-state index < -0.39 is 54.5 Å². The summed E-state index contributed by atoms with van der Waals surface area (Å²) in [4.78, 5) is 52.1. The fraction of sp³-hybridized carbons (Fsp3) is 0.531. The smallest absolute Gasteiger partial charge is 0.410 e. The minimum atomic E-state index is -4.28. The fourth-order valence-electron chi connectivity index (χ4n) is 6.08. The molecule has 47 heavy (non-hydrogen) atoms. The summed E-state index contributed by atoms with van der Waals surface area (Å²) < 4.78 is 40.4. The molecular formula is C32H42N4O10S. The molecule has 1 spiro atoms. The van der Waals surface area contributed by atoms with Gasteiger partial charge in [0, 0.05) is 45.8 Å². The molecule has 0 aromatic heterocycles. The van der Waals surface area contributed by atoms with E-state index in [4.69, 9.17) is 9.47 Å². The number of rotatable bonds is 4. The molecule has 0 radical (unpaired) electrons. The van der Waals surface area contributed by atoms with Crippen LogP contribution < -0.4 is 4.74 Å². The van der Waals surface area contributed by atoms with Gasteiger partial charge in [0.1, 0.15) is 11.4 Å². The Hall–Kier alpha value is -4.24. The Bertz CT molecular complexity index is 1610. The lowest BCUT2D eigenvalue weighted by molar-refractivity contribution is -0.387. The lowest BCUT2D eigenvalue weighted by Crippen LogP contribution is -2.49. The van der Waals surface area contributed by atoms with Crippen molar-refractivity contribution in [3.8, 4) is 5.75 Å². The summed E-state index contributed by atoms with van der Waals surface area (Å²) in [6.07, 6.45) is 1.63. The van der Waals surface area contributed by atoms with E-state index in [0.29, 0.717) is 38.8 Å². The predicted octanol–water partition coefficient (Wildman–Crippen LogP) is 4.64. The quantitative estimate of drug-likeness (QED) is 0.355. The highest BCUT2D eigenvalue weighted by Gasteiger charge is 2.40. The maximum atomic E-state index is 13.9. The summed E-state index contributed by atoms with van der Waals surface area (Å²) >= 11 is 0. The monoisotopic (exact) mass is 674 g/mol. The highest BCUT2D eigenvalue weighted by molar-refractivity contribution is 7.89. The molecule has 0 unspecified atom stereocenters. The van der Waals surface area contributed by atoms with E-state index in [1.165, 1.54) is 45.6 Å². The summed E-state index contributed by atoms with van der Waals surface area (Å²) in [6.45, 7) is 6.40. The molecule has 2 aromatic carbocycles. The number of nitrogens with zero attached hydrogens (tertiary/aromatic N) is 4. The van der Waals surface area contributed by atoms with Crippen LogP contribution in [0, 0.1) is 15.5 Å². The minimum absolute atomic E-state index is 0.00372. The first-order valence-corrected chi connectivity index (χ1v) is 16.9. The van der Waals surface area contributed by atoms with Crippen molar-refractivity contribution in [3.05, 3.63) is 63.7 Å². The van der Waals surface area contributed by atoms with Gasteiger partial charge >= 0.3 is 12.1 Å². The van der Waals surface area contributed by atoms with E-state index in [2.05, 4.69) is 0 Å². The van der Waals surface area contributed by atoms with E-state index in [1.807, 2.05) is 0 Å². The number of nitro benzene ring substituents is 1. The van der Waals surface area contributed by atoms with Gasteiger partial charge in [-0.2, -0.15) is 4.31 Å². The number of piperidine rings is 1. The molecule has 2 aliphatic rings. The third-order valence-corrected chi connectivity index (χ3v) is 10.4. The number of carbonyl (C=O) groups is 3. The number of carbonyl (C=O) groups excluding carboxylic acids is 2. The maximum absolute atomic E-state index is 13.9. The van der Waals surface area contributed by atoms with Crippen LogP contribution in [0.25, 0.3) is 0 Å². The van der Waals surface area contributed by atoms with Crippen molar-refractivity contribution in [2.24, 2.45) is 5.41 Å². The van der Waals surface area contributed by atoms with Gasteiger partial charge in [0.2, 0.25) is 10.0 Å². The number of likely N-dealkylation sites (tertiary alicyclic amines) is 1. The number of hydrogen-bond donors (Lipinski definition) is 1. The molecule has 0 aliphatic carbocycles. The number of fused-ring (bicyclic) bond motifs is 1. The topological polar surface area (TPSA) is 177 Å². The first-order chi connectivity index (χ1) is 22.0. The maximum Gasteiger partial charge on any atom is 0.410 e. The molecule has 1 fully saturated rings. The summed E-state index contributed by atoms with van der Waals surface area (Å²) in [5.41, 5.74) is -1.73. The zero-order valence-electron chi connectivity index (χ0n) is 27.1. The Morgan fingerprint density at radius 3 is 2.32 bits per heavy atom. The van der Waals surface area contributed by atoms with Gasteiger partial charge < -0.3 is 24.4 Å². The average Bonchev–Trinajstić information content (AvgIpc) is 3.00. The Labute approximate surface area is 274 Å². The second-order valence-corrected chi connectivity index (χ2v) is 15.0. The molecule has 2 amide bonds. The average molecular weight is 675 g/mol. The largest absolute Gasteiger partial charge is 0.493 e. The number of para-hydroxylation sites is 1. The summed E-state index contributed by atoms with van der Waals surface area (Å²) in [7, 11) is -2.66. The number of ether oxygens (including phenoxy) is 2. The van der Waals surface area contributed by atoms with Crippen LogP contribution in [0.3, 0.4) is 0 Å². The highest BCUT2D eigenvalue weighted by atomic mass is 32.2. The number of benzene rings is 2. The van der Waals surface area contributed by atoms with Gasteiger partial charge in [-0.3, -0.25) is 14.9 Å². The molecule has 14 nitrogen and oxygen atoms in total. The molecule has 0 bridgehead atoms. The molecule has 2 aromatic rings. The summed E-state index contributed by atoms with van der Waals surface area (Å²) in [6, 6.07) is 9.24. The van der Waals surface area contributed by atoms with Gasteiger partial charge in [-0.05, 0) is 82.6 Å². The second-order valence-electron chi connectivity index (χ2n) is 13.1. The van der Waals surface area contributed by atoms with Crippen molar-refractivity contribution < 1.29 is 42.3 Å². The van der Waals surface area contributed by atoms with Gasteiger partial charge in [-0.25, -0.2) is 18.0 Å². The van der Waals surface area contributed by atoms with Gasteiger partial charge in [-0.1, -0.05) is 12.1 Å². The third kappa shape index (κ3) is 8.57. The van der Waals surface area contributed by atoms with Gasteiger partial charge in [0.05, 0.1) is 22.7 Å². The number of amides is 2. The molecule has 2 aliphatic heterocycles. The van der Waals surface area contributed by atoms with E-state index in [1.54, 1.807) is 32.7 Å². The number of aromatic carboxylic acids is 1. The minimum Gasteiger partial charge on any atom is -0.493 e. The number of carboxylic acids is 1. The molecule has 0 saturated carbocycles. The standard InChI is InChI=1S/C32H42N4O10S/c1-31(2,3)46-30(40)34-18-14-32(15-19-34)13-7-16-35(47(43,44)27-10-6-5-9-25(27)36(41)42)17-8-20-45-26-12-11-23(29(38)39)21-24(26)28(37)33(4)22-32/h5-6,9-12,21H,7-8,13-20,22H2,1-4H3,(H,38,39). The van der Waals surface area contributed by atoms with Crippen LogP contribution in [0.4, 0.5) is 10.5 Å². The Kier molecular flexibility index (Phi) is 10.8. The normalized spacial score (nSPS) is 18.5. The number of sulfonamides is 1. The van der Waals surface area contributed by atoms with Crippen LogP contribution in [0.15, 0.2) is 47.4 Å². The van der Waals surface area contributed by atoms with Crippen molar-refractivity contribution in [1.29, 1.82) is 0 Å². The van der Waals surface area contributed by atoms with Crippen LogP contribution in [-0.4, -0.2) is 103 Å². The van der Waals surface area contributed by atoms with Crippen LogP contribution in [0.5, 0.6) is 5.75 Å². The first kappa shape index (κ1) is 35.6. The fourth-order valence-corrected chi connectivity index (χ4v) is 7.76. The van der Waals surface area contributed by atoms with Crippen LogP contribution >= 0.6 is 0 Å². The third-order valence-electron chi connectivity index (χ3n) is 8.46. The lowest BCUT2D eigenvalue weighted by atomic mass is 9.74. The van der Waals surface area contributed by atoms with E-state index in [0.717, 1.165) is 6.07 Å². The number of nitro groups is 1. The van der Waals surface area contributed by atoms with Crippen LogP contribution in [0.1, 0.15) is 73.6 Å². The molecular weight excluding hydrogens is 632 g/mol. The number of hydrogen-bond acceptors (Lipinski definition) is 9. The van der Waals surface area contributed by atoms with E-state index in [-0.39, 0.29) is 49.5 Å². The van der Waals surface area contributed by atoms with E-state index >= 15 is 0 Å². The molecule has 0 atom stereocenters. The van der Waals surface area contributed by atoms with Gasteiger partial charge in [0.15, 0.2) is 4.90 Å². The molecule has 4 rings (SSSR count). The molecule has 1 saturated heterocycles. The highest BCUT2D eigenvalue weighted by Crippen LogP contribution is 2.39. The van der Waals surface area contributed by atoms with Crippen molar-refractivity contribution in [3.63, 3.8) is 0 Å². The summed E-state index contributed by atoms with van der Waals surface area (Å²) in [5.74, 6) is -1.47. The zero-order valence-corrected chi connectivity index (χ0v) is 28.0. The Balaban J connectivity index is 1.68. The Morgan fingerprint density at radius 2 is 1.68 bits per heavy atom. The zero-order chi connectivity index (χ0) is 34.6. The van der Waals surface area contributed by atoms with Crippen molar-refractivity contribution in [2.45, 2.75) is 63.4 Å². The Morgan fingerprint density at radius 1 is 1.02 bits per heavy atom. The lowest BCUT2D eigenvalue weighted by Gasteiger charge is -2.44. The van der Waals surface area contributed by atoms with Crippen LogP contribution in [0.2, 0.25) is 0 Å². The van der Waals surface area contributed by atoms with Gasteiger partial charge in [0.25, 0.3) is 11.6 Å².